The summed E-state index contributed by atoms with van der Waals surface area (Å²) < 4.78 is 27.4. The van der Waals surface area contributed by atoms with Crippen LogP contribution in [0.25, 0.3) is 0 Å². The van der Waals surface area contributed by atoms with Crippen molar-refractivity contribution < 1.29 is 13.2 Å². The summed E-state index contributed by atoms with van der Waals surface area (Å²) in [5, 5.41) is 4.53. The van der Waals surface area contributed by atoms with Crippen LogP contribution in [0.3, 0.4) is 0 Å². The molecule has 1 aliphatic rings. The van der Waals surface area contributed by atoms with Gasteiger partial charge in [0.05, 0.1) is 20.7 Å². The largest absolute Gasteiger partial charge is 0.280 e. The molecule has 0 bridgehead atoms. The normalized spacial score (nSPS) is 17.4. The third kappa shape index (κ3) is 4.00. The van der Waals surface area contributed by atoms with Crippen LogP contribution in [0.1, 0.15) is 18.9 Å². The number of hydrogen-bond donors (Lipinski definition) is 2. The Morgan fingerprint density at radius 2 is 1.81 bits per heavy atom. The maximum Gasteiger partial charge on any atom is 0.261 e. The van der Waals surface area contributed by atoms with E-state index >= 15 is 0 Å². The van der Waals surface area contributed by atoms with Crippen LogP contribution >= 0.6 is 23.2 Å². The van der Waals surface area contributed by atoms with Gasteiger partial charge in [0.2, 0.25) is 5.91 Å². The Hall–Kier alpha value is -2.09. The van der Waals surface area contributed by atoms with Gasteiger partial charge in [-0.2, -0.15) is 5.10 Å². The molecule has 1 heterocycles. The first kappa shape index (κ1) is 18.7. The van der Waals surface area contributed by atoms with Crippen molar-refractivity contribution in [2.24, 2.45) is 11.0 Å². The van der Waals surface area contributed by atoms with Crippen LogP contribution in [0.4, 0.5) is 5.69 Å². The molecule has 2 aromatic rings. The Morgan fingerprint density at radius 1 is 1.12 bits per heavy atom. The number of carbonyl (C=O) groups is 1. The van der Waals surface area contributed by atoms with Crippen molar-refractivity contribution in [2.75, 3.05) is 4.72 Å². The Labute approximate surface area is 161 Å². The summed E-state index contributed by atoms with van der Waals surface area (Å²) in [7, 11) is -3.79. The van der Waals surface area contributed by atoms with E-state index in [4.69, 9.17) is 23.2 Å². The number of halogens is 2. The molecule has 2 aromatic carbocycles. The summed E-state index contributed by atoms with van der Waals surface area (Å²) in [6.07, 6.45) is 0.366. The zero-order valence-corrected chi connectivity index (χ0v) is 16.0. The molecule has 9 heteroatoms. The maximum atomic E-state index is 12.5. The zero-order valence-electron chi connectivity index (χ0n) is 13.7. The van der Waals surface area contributed by atoms with E-state index in [-0.39, 0.29) is 26.8 Å². The Morgan fingerprint density at radius 3 is 2.42 bits per heavy atom. The fraction of sp³-hybridized carbons (Fsp3) is 0.176. The molecule has 0 radical (unpaired) electrons. The van der Waals surface area contributed by atoms with Crippen LogP contribution in [0.2, 0.25) is 10.0 Å². The smallest absolute Gasteiger partial charge is 0.261 e. The molecule has 1 aliphatic heterocycles. The number of sulfonamides is 1. The highest BCUT2D eigenvalue weighted by molar-refractivity contribution is 7.92. The summed E-state index contributed by atoms with van der Waals surface area (Å²) >= 11 is 11.7. The van der Waals surface area contributed by atoms with Crippen LogP contribution in [0, 0.1) is 5.92 Å². The van der Waals surface area contributed by atoms with E-state index in [2.05, 4.69) is 15.2 Å². The molecular weight excluding hydrogens is 397 g/mol. The van der Waals surface area contributed by atoms with Crippen LogP contribution < -0.4 is 10.1 Å². The number of amides is 1. The molecule has 1 unspecified atom stereocenters. The number of anilines is 1. The fourth-order valence-electron chi connectivity index (χ4n) is 2.57. The quantitative estimate of drug-likeness (QED) is 0.804. The van der Waals surface area contributed by atoms with Crippen molar-refractivity contribution >= 4 is 50.5 Å². The number of rotatable bonds is 4. The average molecular weight is 412 g/mol. The van der Waals surface area contributed by atoms with Crippen LogP contribution in [0.5, 0.6) is 0 Å². The van der Waals surface area contributed by atoms with Gasteiger partial charge >= 0.3 is 0 Å². The number of carbonyl (C=O) groups excluding carboxylic acids is 1. The van der Waals surface area contributed by atoms with Gasteiger partial charge in [0, 0.05) is 18.0 Å². The van der Waals surface area contributed by atoms with E-state index < -0.39 is 10.0 Å². The Balaban J connectivity index is 1.81. The van der Waals surface area contributed by atoms with Crippen molar-refractivity contribution in [1.82, 2.24) is 5.43 Å². The summed E-state index contributed by atoms with van der Waals surface area (Å²) in [5.74, 6) is -0.130. The molecule has 0 aliphatic carbocycles. The minimum atomic E-state index is -3.79. The van der Waals surface area contributed by atoms with E-state index in [9.17, 15) is 13.2 Å². The van der Waals surface area contributed by atoms with Gasteiger partial charge in [-0.1, -0.05) is 42.3 Å². The minimum absolute atomic E-state index is 0.0116. The van der Waals surface area contributed by atoms with Gasteiger partial charge in [-0.15, -0.1) is 0 Å². The van der Waals surface area contributed by atoms with E-state index in [1.165, 1.54) is 18.2 Å². The molecule has 26 heavy (non-hydrogen) atoms. The first-order valence-corrected chi connectivity index (χ1v) is 9.95. The summed E-state index contributed by atoms with van der Waals surface area (Å²) in [5.41, 5.74) is 4.42. The lowest BCUT2D eigenvalue weighted by atomic mass is 9.94. The summed E-state index contributed by atoms with van der Waals surface area (Å²) in [6, 6.07) is 10.9. The molecule has 3 rings (SSSR count). The average Bonchev–Trinajstić information content (AvgIpc) is 2.58. The number of nitrogens with one attached hydrogen (secondary N) is 2. The highest BCUT2D eigenvalue weighted by Gasteiger charge is 2.22. The van der Waals surface area contributed by atoms with Crippen molar-refractivity contribution in [2.45, 2.75) is 18.2 Å². The number of nitrogens with zero attached hydrogens (tertiary/aromatic N) is 1. The molecule has 0 saturated carbocycles. The van der Waals surface area contributed by atoms with Gasteiger partial charge in [0.25, 0.3) is 10.0 Å². The van der Waals surface area contributed by atoms with Crippen molar-refractivity contribution in [3.8, 4) is 0 Å². The number of hydrogen-bond acceptors (Lipinski definition) is 4. The van der Waals surface area contributed by atoms with Gasteiger partial charge in [-0.05, 0) is 35.9 Å². The van der Waals surface area contributed by atoms with Gasteiger partial charge in [-0.25, -0.2) is 13.8 Å². The second-order valence-corrected chi connectivity index (χ2v) is 8.39. The molecule has 136 valence electrons. The predicted molar refractivity (Wildman–Crippen MR) is 102 cm³/mol. The lowest BCUT2D eigenvalue weighted by Gasteiger charge is -2.19. The highest BCUT2D eigenvalue weighted by atomic mass is 35.5. The fourth-order valence-corrected chi connectivity index (χ4v) is 4.02. The SMILES string of the molecule is CC1CC(=O)NN=C1c1ccc(NS(=O)(=O)c2ccc(Cl)c(Cl)c2)cc1. The minimum Gasteiger partial charge on any atom is -0.280 e. The molecule has 6 nitrogen and oxygen atoms in total. The van der Waals surface area contributed by atoms with Crippen LogP contribution in [0.15, 0.2) is 52.5 Å². The second kappa shape index (κ2) is 7.26. The standard InChI is InChI=1S/C17H15Cl2N3O3S/c1-10-8-16(23)20-21-17(10)11-2-4-12(5-3-11)22-26(24,25)13-6-7-14(18)15(19)9-13/h2-7,9-10,22H,8H2,1H3,(H,20,23). The third-order valence-electron chi connectivity index (χ3n) is 3.89. The van der Waals surface area contributed by atoms with Crippen molar-refractivity contribution in [3.63, 3.8) is 0 Å². The van der Waals surface area contributed by atoms with Gasteiger partial charge in [-0.3, -0.25) is 9.52 Å². The molecule has 0 fully saturated rings. The molecule has 2 N–H and O–H groups in total. The van der Waals surface area contributed by atoms with Crippen molar-refractivity contribution in [3.05, 3.63) is 58.1 Å². The van der Waals surface area contributed by atoms with E-state index in [1.807, 2.05) is 6.92 Å². The summed E-state index contributed by atoms with van der Waals surface area (Å²) in [4.78, 5) is 11.3. The van der Waals surface area contributed by atoms with Gasteiger partial charge in [0.15, 0.2) is 0 Å². The molecule has 0 aromatic heterocycles. The van der Waals surface area contributed by atoms with Crippen LogP contribution in [-0.2, 0) is 14.8 Å². The van der Waals surface area contributed by atoms with E-state index in [0.29, 0.717) is 12.1 Å². The molecule has 0 saturated heterocycles. The number of benzene rings is 2. The van der Waals surface area contributed by atoms with Gasteiger partial charge in [0.1, 0.15) is 0 Å². The molecule has 1 atom stereocenters. The highest BCUT2D eigenvalue weighted by Crippen LogP contribution is 2.26. The lowest BCUT2D eigenvalue weighted by molar-refractivity contribution is -0.121. The molecule has 0 spiro atoms. The van der Waals surface area contributed by atoms with E-state index in [0.717, 1.165) is 11.3 Å². The van der Waals surface area contributed by atoms with Crippen molar-refractivity contribution in [1.29, 1.82) is 0 Å². The zero-order chi connectivity index (χ0) is 18.9. The van der Waals surface area contributed by atoms with Gasteiger partial charge < -0.3 is 0 Å². The second-order valence-electron chi connectivity index (χ2n) is 5.90. The Kier molecular flexibility index (Phi) is 5.22. The summed E-state index contributed by atoms with van der Waals surface area (Å²) in [6.45, 7) is 1.92. The Bertz CT molecular complexity index is 989. The lowest BCUT2D eigenvalue weighted by Crippen LogP contribution is -2.31. The monoisotopic (exact) mass is 411 g/mol. The number of hydrazone groups is 1. The predicted octanol–water partition coefficient (Wildman–Crippen LogP) is 3.65. The van der Waals surface area contributed by atoms with E-state index in [1.54, 1.807) is 24.3 Å². The third-order valence-corrected chi connectivity index (χ3v) is 6.01. The topological polar surface area (TPSA) is 87.6 Å². The molecule has 1 amide bonds. The first-order valence-electron chi connectivity index (χ1n) is 7.71. The maximum absolute atomic E-state index is 12.5. The van der Waals surface area contributed by atoms with Crippen LogP contribution in [-0.4, -0.2) is 20.0 Å². The molecular formula is C17H15Cl2N3O3S. The first-order chi connectivity index (χ1) is 12.3.